The van der Waals surface area contributed by atoms with Crippen LogP contribution in [-0.2, 0) is 0 Å². The van der Waals surface area contributed by atoms with Crippen LogP contribution >= 0.6 is 22.7 Å². The van der Waals surface area contributed by atoms with E-state index in [0.29, 0.717) is 0 Å². The van der Waals surface area contributed by atoms with Crippen molar-refractivity contribution in [3.05, 3.63) is 187 Å². The molecule has 0 N–H and O–H groups in total. The largest absolute Gasteiger partial charge is 0.309 e. The Morgan fingerprint density at radius 1 is 0.367 bits per heavy atom. The Morgan fingerprint density at radius 2 is 0.833 bits per heavy atom. The Hall–Kier alpha value is -7.05. The molecule has 0 atom stereocenters. The van der Waals surface area contributed by atoms with E-state index in [1.54, 1.807) is 0 Å². The number of para-hydroxylation sites is 2. The van der Waals surface area contributed by atoms with E-state index in [2.05, 4.69) is 199 Å². The lowest BCUT2D eigenvalue weighted by molar-refractivity contribution is 1.18. The molecule has 3 nitrogen and oxygen atoms in total. The molecule has 0 aliphatic carbocycles. The maximum Gasteiger partial charge on any atom is 0.0710 e. The molecule has 8 aromatic carbocycles. The van der Waals surface area contributed by atoms with Gasteiger partial charge in [-0.1, -0.05) is 102 Å². The quantitative estimate of drug-likeness (QED) is 0.174. The van der Waals surface area contributed by atoms with Crippen LogP contribution in [0.2, 0.25) is 0 Å². The van der Waals surface area contributed by atoms with Gasteiger partial charge in [-0.2, -0.15) is 0 Å². The first-order valence-electron chi connectivity index (χ1n) is 20.4. The van der Waals surface area contributed by atoms with Crippen LogP contribution in [0.1, 0.15) is 11.1 Å². The molecule has 0 aliphatic rings. The van der Waals surface area contributed by atoms with E-state index in [0.717, 1.165) is 33.9 Å². The lowest BCUT2D eigenvalue weighted by Gasteiger charge is -2.12. The van der Waals surface area contributed by atoms with E-state index in [1.807, 2.05) is 22.7 Å². The summed E-state index contributed by atoms with van der Waals surface area (Å²) in [7, 11) is 0. The SMILES string of the molecule is Cc1ccc2sc3c(ccc4c3c3ccccc3n4-c3cccc(-c4cccc(-c5cccc(-n6c7ccccc7c7c8sc9ccc(C)cc9c8ccc76)c5)n4)c3)c2c1. The molecule has 0 spiro atoms. The predicted octanol–water partition coefficient (Wildman–Crippen LogP) is 16.0. The van der Waals surface area contributed by atoms with E-state index in [4.69, 9.17) is 4.98 Å². The Labute approximate surface area is 353 Å². The number of fused-ring (bicyclic) bond motifs is 14. The summed E-state index contributed by atoms with van der Waals surface area (Å²) in [5.41, 5.74) is 13.7. The Kier molecular flexibility index (Phi) is 7.18. The lowest BCUT2D eigenvalue weighted by Crippen LogP contribution is -1.96. The van der Waals surface area contributed by atoms with Crippen molar-refractivity contribution in [2.75, 3.05) is 0 Å². The Morgan fingerprint density at radius 3 is 1.33 bits per heavy atom. The number of hydrogen-bond donors (Lipinski definition) is 0. The first kappa shape index (κ1) is 33.9. The zero-order valence-corrected chi connectivity index (χ0v) is 34.5. The van der Waals surface area contributed by atoms with Crippen molar-refractivity contribution in [2.24, 2.45) is 0 Å². The fourth-order valence-electron chi connectivity index (χ4n) is 9.72. The highest BCUT2D eigenvalue weighted by Crippen LogP contribution is 2.45. The van der Waals surface area contributed by atoms with Gasteiger partial charge in [0.15, 0.2) is 0 Å². The van der Waals surface area contributed by atoms with Crippen molar-refractivity contribution >= 4 is 107 Å². The van der Waals surface area contributed by atoms with Gasteiger partial charge in [0.05, 0.1) is 33.5 Å². The van der Waals surface area contributed by atoms with Crippen molar-refractivity contribution in [3.8, 4) is 33.9 Å². The van der Waals surface area contributed by atoms with Gasteiger partial charge in [0.1, 0.15) is 0 Å². The molecule has 0 saturated carbocycles. The van der Waals surface area contributed by atoms with E-state index >= 15 is 0 Å². The summed E-state index contributed by atoms with van der Waals surface area (Å²) in [6, 6.07) is 64.7. The molecule has 60 heavy (non-hydrogen) atoms. The molecule has 5 aromatic heterocycles. The van der Waals surface area contributed by atoms with Crippen LogP contribution in [0.15, 0.2) is 176 Å². The van der Waals surface area contributed by atoms with Gasteiger partial charge in [0, 0.05) is 84.4 Å². The molecule has 5 heteroatoms. The highest BCUT2D eigenvalue weighted by atomic mass is 32.1. The number of rotatable bonds is 4. The number of pyridine rings is 1. The van der Waals surface area contributed by atoms with Crippen molar-refractivity contribution in [2.45, 2.75) is 13.8 Å². The lowest BCUT2D eigenvalue weighted by atomic mass is 10.1. The van der Waals surface area contributed by atoms with Crippen molar-refractivity contribution in [1.29, 1.82) is 0 Å². The third kappa shape index (κ3) is 4.91. The fraction of sp³-hybridized carbons (Fsp3) is 0.0364. The molecule has 13 aromatic rings. The molecule has 13 rings (SSSR count). The van der Waals surface area contributed by atoms with Gasteiger partial charge in [-0.3, -0.25) is 0 Å². The van der Waals surface area contributed by atoms with Gasteiger partial charge in [-0.25, -0.2) is 4.98 Å². The molecule has 0 fully saturated rings. The summed E-state index contributed by atoms with van der Waals surface area (Å²) in [5.74, 6) is 0. The number of thiophene rings is 2. The maximum atomic E-state index is 5.34. The summed E-state index contributed by atoms with van der Waals surface area (Å²) in [5, 5.41) is 10.5. The molecular formula is C55H35N3S2. The zero-order chi connectivity index (χ0) is 39.6. The zero-order valence-electron chi connectivity index (χ0n) is 32.9. The number of hydrogen-bond acceptors (Lipinski definition) is 3. The van der Waals surface area contributed by atoms with Gasteiger partial charge in [-0.15, -0.1) is 22.7 Å². The summed E-state index contributed by atoms with van der Waals surface area (Å²) in [6.45, 7) is 4.36. The molecule has 0 saturated heterocycles. The third-order valence-electron chi connectivity index (χ3n) is 12.4. The van der Waals surface area contributed by atoms with Gasteiger partial charge < -0.3 is 9.13 Å². The molecular weight excluding hydrogens is 767 g/mol. The van der Waals surface area contributed by atoms with E-state index in [-0.39, 0.29) is 0 Å². The van der Waals surface area contributed by atoms with Crippen LogP contribution in [0, 0.1) is 13.8 Å². The van der Waals surface area contributed by atoms with E-state index in [9.17, 15) is 0 Å². The van der Waals surface area contributed by atoms with Gasteiger partial charge in [0.2, 0.25) is 0 Å². The third-order valence-corrected chi connectivity index (χ3v) is 14.8. The highest BCUT2D eigenvalue weighted by molar-refractivity contribution is 7.27. The van der Waals surface area contributed by atoms with E-state index < -0.39 is 0 Å². The Balaban J connectivity index is 0.929. The topological polar surface area (TPSA) is 22.8 Å². The summed E-state index contributed by atoms with van der Waals surface area (Å²) >= 11 is 3.80. The fourth-order valence-corrected chi connectivity index (χ4v) is 12.2. The number of nitrogens with zero attached hydrogens (tertiary/aromatic N) is 3. The molecule has 0 unspecified atom stereocenters. The van der Waals surface area contributed by atoms with Gasteiger partial charge in [0.25, 0.3) is 0 Å². The summed E-state index contributed by atoms with van der Waals surface area (Å²) in [4.78, 5) is 5.34. The average molecular weight is 802 g/mol. The second kappa shape index (κ2) is 12.7. The molecule has 282 valence electrons. The normalized spacial score (nSPS) is 12.2. The first-order valence-corrected chi connectivity index (χ1v) is 22.1. The number of benzene rings is 8. The highest BCUT2D eigenvalue weighted by Gasteiger charge is 2.20. The number of aryl methyl sites for hydroxylation is 2. The van der Waals surface area contributed by atoms with Crippen molar-refractivity contribution in [3.63, 3.8) is 0 Å². The smallest absolute Gasteiger partial charge is 0.0710 e. The van der Waals surface area contributed by atoms with Gasteiger partial charge in [-0.05, 0) is 98.8 Å². The second-order valence-corrected chi connectivity index (χ2v) is 18.2. The predicted molar refractivity (Wildman–Crippen MR) is 259 cm³/mol. The van der Waals surface area contributed by atoms with Crippen molar-refractivity contribution in [1.82, 2.24) is 14.1 Å². The van der Waals surface area contributed by atoms with Crippen LogP contribution in [0.5, 0.6) is 0 Å². The minimum absolute atomic E-state index is 0.946. The van der Waals surface area contributed by atoms with Crippen LogP contribution in [0.4, 0.5) is 0 Å². The average Bonchev–Trinajstić information content (AvgIpc) is 4.04. The minimum atomic E-state index is 0.946. The van der Waals surface area contributed by atoms with Crippen LogP contribution in [-0.4, -0.2) is 14.1 Å². The monoisotopic (exact) mass is 801 g/mol. The van der Waals surface area contributed by atoms with E-state index in [1.165, 1.54) is 95.1 Å². The number of aromatic nitrogens is 3. The maximum absolute atomic E-state index is 5.34. The molecule has 0 bridgehead atoms. The Bertz CT molecular complexity index is 3680. The van der Waals surface area contributed by atoms with Crippen LogP contribution in [0.3, 0.4) is 0 Å². The summed E-state index contributed by atoms with van der Waals surface area (Å²) in [6.07, 6.45) is 0. The molecule has 5 heterocycles. The van der Waals surface area contributed by atoms with Gasteiger partial charge >= 0.3 is 0 Å². The molecule has 0 radical (unpaired) electrons. The van der Waals surface area contributed by atoms with Crippen LogP contribution < -0.4 is 0 Å². The molecule has 0 amide bonds. The second-order valence-electron chi connectivity index (χ2n) is 16.1. The standard InChI is InChI=1S/C55H35N3S2/c1-32-20-26-50-42(28-32)38-22-24-48-52(54(38)59-50)40-14-3-5-18-46(40)57(48)36-12-7-10-34(30-36)44-16-9-17-45(56-44)35-11-8-13-37(31-35)58-47-19-6-4-15-41(47)53-49(58)25-23-39-43-29-33(2)21-27-51(43)60-55(39)53/h3-31H,1-2H3. The van der Waals surface area contributed by atoms with Crippen molar-refractivity contribution < 1.29 is 0 Å². The van der Waals surface area contributed by atoms with Crippen LogP contribution in [0.25, 0.3) is 118 Å². The minimum Gasteiger partial charge on any atom is -0.309 e. The first-order chi connectivity index (χ1) is 29.6. The molecule has 0 aliphatic heterocycles. The summed E-state index contributed by atoms with van der Waals surface area (Å²) < 4.78 is 10.2.